The number of nitrogens with one attached hydrogen (secondary N) is 1. The summed E-state index contributed by atoms with van der Waals surface area (Å²) in [6.45, 7) is 0. The van der Waals surface area contributed by atoms with Gasteiger partial charge in [-0.1, -0.05) is 24.3 Å². The van der Waals surface area contributed by atoms with Gasteiger partial charge in [0.15, 0.2) is 0 Å². The van der Waals surface area contributed by atoms with Crippen molar-refractivity contribution in [2.45, 2.75) is 0 Å². The van der Waals surface area contributed by atoms with Crippen molar-refractivity contribution in [1.82, 2.24) is 9.97 Å². The summed E-state index contributed by atoms with van der Waals surface area (Å²) in [5.41, 5.74) is 3.30. The number of fused-ring (bicyclic) bond motifs is 1. The van der Waals surface area contributed by atoms with E-state index in [4.69, 9.17) is 9.47 Å². The number of para-hydroxylation sites is 2. The monoisotopic (exact) mass is 431 g/mol. The number of halogens is 1. The van der Waals surface area contributed by atoms with E-state index >= 15 is 0 Å². The number of methoxy groups -OCH3 is 1. The number of hydrogen-bond donors (Lipinski definition) is 1. The first-order valence-electron chi connectivity index (χ1n) is 9.19. The Hall–Kier alpha value is -4.08. The molecule has 7 heteroatoms. The van der Waals surface area contributed by atoms with Crippen LogP contribution in [-0.2, 0) is 0 Å². The van der Waals surface area contributed by atoms with Gasteiger partial charge in [-0.3, -0.25) is 0 Å². The Kier molecular flexibility index (Phi) is 6.71. The molecule has 0 aliphatic carbocycles. The second-order valence-electron chi connectivity index (χ2n) is 6.46. The van der Waals surface area contributed by atoms with Crippen LogP contribution in [0.5, 0.6) is 11.5 Å². The summed E-state index contributed by atoms with van der Waals surface area (Å²) in [7, 11) is 1.56. The van der Waals surface area contributed by atoms with Gasteiger partial charge < -0.3 is 14.5 Å². The van der Waals surface area contributed by atoms with Crippen LogP contribution in [0.2, 0.25) is 0 Å². The van der Waals surface area contributed by atoms with E-state index in [9.17, 15) is 10.1 Å². The molecule has 0 radical (unpaired) electrons. The number of aromatic nitrogens is 2. The maximum absolute atomic E-state index is 12.3. The molecule has 6 nitrogen and oxygen atoms in total. The molecule has 0 saturated carbocycles. The lowest BCUT2D eigenvalue weighted by molar-refractivity contribution is 0.0734. The summed E-state index contributed by atoms with van der Waals surface area (Å²) in [5, 5.41) is 9.55. The zero-order valence-corrected chi connectivity index (χ0v) is 17.3. The second kappa shape index (κ2) is 9.61. The van der Waals surface area contributed by atoms with Crippen LogP contribution in [0, 0.1) is 11.3 Å². The lowest BCUT2D eigenvalue weighted by atomic mass is 10.1. The highest BCUT2D eigenvalue weighted by Gasteiger charge is 2.10. The molecule has 3 aromatic carbocycles. The zero-order chi connectivity index (χ0) is 20.9. The van der Waals surface area contributed by atoms with E-state index in [1.165, 1.54) is 0 Å². The minimum absolute atomic E-state index is 0. The van der Waals surface area contributed by atoms with Crippen LogP contribution in [0.15, 0.2) is 72.8 Å². The smallest absolute Gasteiger partial charge is 0.343 e. The van der Waals surface area contributed by atoms with Crippen LogP contribution >= 0.6 is 12.4 Å². The minimum Gasteiger partial charge on any atom is -0.497 e. The van der Waals surface area contributed by atoms with Crippen molar-refractivity contribution >= 4 is 41.1 Å². The molecule has 31 heavy (non-hydrogen) atoms. The molecule has 0 saturated heterocycles. The summed E-state index contributed by atoms with van der Waals surface area (Å²) < 4.78 is 10.5. The number of aromatic amines is 1. The molecule has 0 unspecified atom stereocenters. The molecule has 4 aromatic rings. The van der Waals surface area contributed by atoms with E-state index in [2.05, 4.69) is 16.0 Å². The molecule has 4 rings (SSSR count). The number of nitriles is 1. The van der Waals surface area contributed by atoms with E-state index < -0.39 is 5.97 Å². The number of hydrogen-bond acceptors (Lipinski definition) is 5. The highest BCUT2D eigenvalue weighted by Crippen LogP contribution is 2.21. The number of imidazole rings is 1. The molecule has 0 bridgehead atoms. The number of carbonyl (C=O) groups excluding carboxylic acids is 1. The molecule has 0 spiro atoms. The Morgan fingerprint density at radius 3 is 2.32 bits per heavy atom. The Bertz CT molecular complexity index is 1240. The topological polar surface area (TPSA) is 88.0 Å². The van der Waals surface area contributed by atoms with E-state index in [1.807, 2.05) is 24.3 Å². The lowest BCUT2D eigenvalue weighted by Gasteiger charge is -2.06. The van der Waals surface area contributed by atoms with Gasteiger partial charge in [-0.2, -0.15) is 5.26 Å². The van der Waals surface area contributed by atoms with Crippen molar-refractivity contribution in [3.05, 3.63) is 89.7 Å². The fraction of sp³-hybridized carbons (Fsp3) is 0.0417. The summed E-state index contributed by atoms with van der Waals surface area (Å²) in [5.74, 6) is 1.13. The van der Waals surface area contributed by atoms with Gasteiger partial charge in [-0.15, -0.1) is 12.4 Å². The Labute approximate surface area is 185 Å². The minimum atomic E-state index is -0.457. The van der Waals surface area contributed by atoms with Crippen LogP contribution in [0.4, 0.5) is 0 Å². The van der Waals surface area contributed by atoms with Gasteiger partial charge in [0.2, 0.25) is 0 Å². The number of allylic oxidation sites excluding steroid dienone is 1. The molecular formula is C24H18ClN3O3. The Balaban J connectivity index is 0.00000272. The number of ether oxygens (including phenoxy) is 2. The molecule has 1 N–H and O–H groups in total. The number of benzene rings is 3. The number of carbonyl (C=O) groups is 1. The summed E-state index contributed by atoms with van der Waals surface area (Å²) >= 11 is 0. The molecular weight excluding hydrogens is 414 g/mol. The third kappa shape index (κ3) is 4.92. The first-order chi connectivity index (χ1) is 14.7. The van der Waals surface area contributed by atoms with Gasteiger partial charge in [0.25, 0.3) is 0 Å². The van der Waals surface area contributed by atoms with Gasteiger partial charge in [-0.25, -0.2) is 9.78 Å². The number of H-pyrrole nitrogens is 1. The standard InChI is InChI=1S/C24H17N3O3.ClH/c1-29-19-12-8-17(9-13-19)24(28)30-20-10-6-16(7-11-20)14-18(15-25)23-26-21-4-2-3-5-22(21)27-23;/h2-14H,1H3,(H,26,27);1H. The normalized spacial score (nSPS) is 10.8. The quantitative estimate of drug-likeness (QED) is 0.264. The van der Waals surface area contributed by atoms with E-state index in [0.717, 1.165) is 16.6 Å². The van der Waals surface area contributed by atoms with E-state index in [1.54, 1.807) is 61.7 Å². The summed E-state index contributed by atoms with van der Waals surface area (Å²) in [4.78, 5) is 19.9. The maximum Gasteiger partial charge on any atom is 0.343 e. The molecule has 1 aromatic heterocycles. The van der Waals surface area contributed by atoms with Crippen LogP contribution in [0.3, 0.4) is 0 Å². The highest BCUT2D eigenvalue weighted by atomic mass is 35.5. The number of esters is 1. The Morgan fingerprint density at radius 1 is 1.00 bits per heavy atom. The SMILES string of the molecule is COc1ccc(C(=O)Oc2ccc(C=C(C#N)c3nc4ccccc4[nH]3)cc2)cc1.Cl. The third-order valence-electron chi connectivity index (χ3n) is 4.49. The summed E-state index contributed by atoms with van der Waals surface area (Å²) in [6, 6.07) is 23.4. The molecule has 1 heterocycles. The van der Waals surface area contributed by atoms with Crippen molar-refractivity contribution in [2.24, 2.45) is 0 Å². The van der Waals surface area contributed by atoms with Crippen molar-refractivity contribution in [3.8, 4) is 17.6 Å². The summed E-state index contributed by atoms with van der Waals surface area (Å²) in [6.07, 6.45) is 1.73. The van der Waals surface area contributed by atoms with E-state index in [0.29, 0.717) is 28.5 Å². The van der Waals surface area contributed by atoms with E-state index in [-0.39, 0.29) is 12.4 Å². The number of rotatable bonds is 5. The van der Waals surface area contributed by atoms with Crippen molar-refractivity contribution in [1.29, 1.82) is 5.26 Å². The molecule has 0 atom stereocenters. The van der Waals surface area contributed by atoms with Crippen LogP contribution in [0.25, 0.3) is 22.7 Å². The largest absolute Gasteiger partial charge is 0.497 e. The molecule has 0 aliphatic heterocycles. The molecule has 154 valence electrons. The Morgan fingerprint density at radius 2 is 1.68 bits per heavy atom. The predicted octanol–water partition coefficient (Wildman–Crippen LogP) is 5.28. The highest BCUT2D eigenvalue weighted by molar-refractivity contribution is 5.92. The van der Waals surface area contributed by atoms with Crippen LogP contribution in [-0.4, -0.2) is 23.0 Å². The predicted molar refractivity (Wildman–Crippen MR) is 121 cm³/mol. The lowest BCUT2D eigenvalue weighted by Crippen LogP contribution is -2.08. The second-order valence-corrected chi connectivity index (χ2v) is 6.46. The fourth-order valence-corrected chi connectivity index (χ4v) is 2.93. The van der Waals surface area contributed by atoms with Crippen molar-refractivity contribution < 1.29 is 14.3 Å². The van der Waals surface area contributed by atoms with Gasteiger partial charge >= 0.3 is 5.97 Å². The van der Waals surface area contributed by atoms with Gasteiger partial charge in [-0.05, 0) is 60.2 Å². The maximum atomic E-state index is 12.3. The average Bonchev–Trinajstić information content (AvgIpc) is 3.22. The molecule has 0 fully saturated rings. The molecule has 0 aliphatic rings. The van der Waals surface area contributed by atoms with Crippen molar-refractivity contribution in [2.75, 3.05) is 7.11 Å². The average molecular weight is 432 g/mol. The van der Waals surface area contributed by atoms with Gasteiger partial charge in [0.1, 0.15) is 23.4 Å². The fourth-order valence-electron chi connectivity index (χ4n) is 2.93. The molecule has 0 amide bonds. The van der Waals surface area contributed by atoms with Crippen LogP contribution in [0.1, 0.15) is 21.7 Å². The first-order valence-corrected chi connectivity index (χ1v) is 9.19. The first kappa shape index (κ1) is 21.6. The number of nitrogens with zero attached hydrogens (tertiary/aromatic N) is 2. The van der Waals surface area contributed by atoms with Gasteiger partial charge in [0.05, 0.1) is 29.3 Å². The zero-order valence-electron chi connectivity index (χ0n) is 16.5. The van der Waals surface area contributed by atoms with Gasteiger partial charge in [0, 0.05) is 0 Å². The third-order valence-corrected chi connectivity index (χ3v) is 4.49. The van der Waals surface area contributed by atoms with Crippen LogP contribution < -0.4 is 9.47 Å². The van der Waals surface area contributed by atoms with Crippen molar-refractivity contribution in [3.63, 3.8) is 0 Å².